The topological polar surface area (TPSA) is 12.0 Å². The number of rotatable bonds is 1. The van der Waals surface area contributed by atoms with Gasteiger partial charge in [0.1, 0.15) is 0 Å². The van der Waals surface area contributed by atoms with E-state index in [4.69, 9.17) is 0 Å². The third-order valence-electron chi connectivity index (χ3n) is 1.56. The fourth-order valence-corrected chi connectivity index (χ4v) is 1.01. The summed E-state index contributed by atoms with van der Waals surface area (Å²) in [7, 11) is 1.92. The molecule has 0 heterocycles. The molecule has 0 aliphatic heterocycles. The van der Waals surface area contributed by atoms with Gasteiger partial charge in [-0.25, -0.2) is 0 Å². The zero-order valence-corrected chi connectivity index (χ0v) is 9.78. The van der Waals surface area contributed by atoms with E-state index in [-0.39, 0.29) is 21.1 Å². The van der Waals surface area contributed by atoms with Gasteiger partial charge in [-0.3, -0.25) is 0 Å². The van der Waals surface area contributed by atoms with Crippen LogP contribution in [-0.2, 0) is 21.1 Å². The van der Waals surface area contributed by atoms with Gasteiger partial charge in [0.15, 0.2) is 0 Å². The van der Waals surface area contributed by atoms with E-state index in [1.165, 1.54) is 11.3 Å². The van der Waals surface area contributed by atoms with E-state index >= 15 is 0 Å². The zero-order valence-electron chi connectivity index (χ0n) is 6.85. The molecule has 0 unspecified atom stereocenters. The average Bonchev–Trinajstić information content (AvgIpc) is 1.88. The van der Waals surface area contributed by atoms with Crippen molar-refractivity contribution in [2.24, 2.45) is 0 Å². The molecule has 0 atom stereocenters. The Hall–Kier alpha value is -0.422. The molecule has 0 amide bonds. The smallest absolute Gasteiger partial charge is 0.0121 e. The number of nitrogens with one attached hydrogen (secondary N) is 1. The van der Waals surface area contributed by atoms with E-state index in [1.54, 1.807) is 0 Å². The maximum atomic E-state index is 3.83. The largest absolute Gasteiger partial charge is 0.390 e. The molecule has 0 saturated carbocycles. The summed E-state index contributed by atoms with van der Waals surface area (Å²) in [6.45, 7) is 5.90. The summed E-state index contributed by atoms with van der Waals surface area (Å²) in [4.78, 5) is 0. The standard InChI is InChI=1S/C9H12N.W/c1-7-4-5-9(10-3)8(2)6-7;/h4-6,10H,1H2,2-3H3;/q-1;. The summed E-state index contributed by atoms with van der Waals surface area (Å²) >= 11 is 0. The van der Waals surface area contributed by atoms with Gasteiger partial charge in [-0.15, -0.1) is 0 Å². The van der Waals surface area contributed by atoms with Crippen LogP contribution in [0.2, 0.25) is 0 Å². The van der Waals surface area contributed by atoms with E-state index in [0.29, 0.717) is 0 Å². The second kappa shape index (κ2) is 4.46. The summed E-state index contributed by atoms with van der Waals surface area (Å²) in [6, 6.07) is 6.10. The van der Waals surface area contributed by atoms with Crippen LogP contribution in [0.1, 0.15) is 11.1 Å². The van der Waals surface area contributed by atoms with Gasteiger partial charge in [-0.05, 0) is 6.92 Å². The summed E-state index contributed by atoms with van der Waals surface area (Å²) in [6.07, 6.45) is 0. The molecule has 0 aliphatic carbocycles. The molecule has 1 nitrogen and oxygen atoms in total. The fourth-order valence-electron chi connectivity index (χ4n) is 1.01. The number of benzene rings is 1. The third kappa shape index (κ3) is 2.59. The van der Waals surface area contributed by atoms with Crippen molar-refractivity contribution in [3.8, 4) is 0 Å². The Bertz CT molecular complexity index is 233. The molecule has 1 aromatic carbocycles. The monoisotopic (exact) mass is 318 g/mol. The first-order chi connectivity index (χ1) is 4.74. The molecular formula is C9H12NW-. The Morgan fingerprint density at radius 1 is 1.36 bits per heavy atom. The second-order valence-corrected chi connectivity index (χ2v) is 2.40. The maximum absolute atomic E-state index is 3.83. The Morgan fingerprint density at radius 2 is 2.00 bits per heavy atom. The molecule has 0 spiro atoms. The minimum Gasteiger partial charge on any atom is -0.390 e. The van der Waals surface area contributed by atoms with Crippen molar-refractivity contribution in [3.63, 3.8) is 0 Å². The predicted octanol–water partition coefficient (Wildman–Crippen LogP) is 2.22. The number of hydrogen-bond acceptors (Lipinski definition) is 1. The Balaban J connectivity index is 0.000001000. The Labute approximate surface area is 82.5 Å². The quantitative estimate of drug-likeness (QED) is 0.783. The van der Waals surface area contributed by atoms with E-state index in [2.05, 4.69) is 25.2 Å². The molecule has 2 heteroatoms. The molecule has 1 rings (SSSR count). The SMILES string of the molecule is [CH2-]c1ccc(NC)c(C)c1.[W]. The molecule has 0 aromatic heterocycles. The van der Waals surface area contributed by atoms with Gasteiger partial charge >= 0.3 is 0 Å². The van der Waals surface area contributed by atoms with Crippen molar-refractivity contribution in [1.82, 2.24) is 0 Å². The molecule has 11 heavy (non-hydrogen) atoms. The van der Waals surface area contributed by atoms with Crippen molar-refractivity contribution >= 4 is 5.69 Å². The Morgan fingerprint density at radius 3 is 2.45 bits per heavy atom. The van der Waals surface area contributed by atoms with Crippen LogP contribution in [0.15, 0.2) is 18.2 Å². The third-order valence-corrected chi connectivity index (χ3v) is 1.56. The van der Waals surface area contributed by atoms with Crippen molar-refractivity contribution in [3.05, 3.63) is 36.2 Å². The van der Waals surface area contributed by atoms with Crippen LogP contribution in [-0.4, -0.2) is 7.05 Å². The molecule has 0 fully saturated rings. The summed E-state index contributed by atoms with van der Waals surface area (Å²) < 4.78 is 0. The van der Waals surface area contributed by atoms with Gasteiger partial charge in [0.05, 0.1) is 0 Å². The van der Waals surface area contributed by atoms with Gasteiger partial charge in [0.2, 0.25) is 0 Å². The number of anilines is 1. The van der Waals surface area contributed by atoms with E-state index in [0.717, 1.165) is 5.56 Å². The minimum absolute atomic E-state index is 0. The summed E-state index contributed by atoms with van der Waals surface area (Å²) in [5, 5.41) is 3.09. The molecule has 0 aliphatic rings. The van der Waals surface area contributed by atoms with Crippen LogP contribution in [0.4, 0.5) is 5.69 Å². The van der Waals surface area contributed by atoms with Crippen LogP contribution >= 0.6 is 0 Å². The molecule has 60 valence electrons. The van der Waals surface area contributed by atoms with Gasteiger partial charge in [-0.2, -0.15) is 24.6 Å². The van der Waals surface area contributed by atoms with Crippen LogP contribution in [0.3, 0.4) is 0 Å². The van der Waals surface area contributed by atoms with Crippen LogP contribution in [0.25, 0.3) is 0 Å². The van der Waals surface area contributed by atoms with Gasteiger partial charge in [0.25, 0.3) is 0 Å². The first kappa shape index (κ1) is 10.6. The fraction of sp³-hybridized carbons (Fsp3) is 0.222. The van der Waals surface area contributed by atoms with E-state index in [9.17, 15) is 0 Å². The Kier molecular flexibility index (Phi) is 4.28. The minimum atomic E-state index is 0. The number of aryl methyl sites for hydroxylation is 1. The average molecular weight is 318 g/mol. The molecule has 1 N–H and O–H groups in total. The predicted molar refractivity (Wildman–Crippen MR) is 45.2 cm³/mol. The summed E-state index contributed by atoms with van der Waals surface area (Å²) in [5.41, 5.74) is 3.49. The maximum Gasteiger partial charge on any atom is 0.0121 e. The van der Waals surface area contributed by atoms with Crippen molar-refractivity contribution in [1.29, 1.82) is 0 Å². The van der Waals surface area contributed by atoms with Crippen molar-refractivity contribution < 1.29 is 21.1 Å². The van der Waals surface area contributed by atoms with Gasteiger partial charge in [-0.1, -0.05) is 11.6 Å². The second-order valence-electron chi connectivity index (χ2n) is 2.40. The van der Waals surface area contributed by atoms with Crippen LogP contribution in [0.5, 0.6) is 0 Å². The van der Waals surface area contributed by atoms with Gasteiger partial charge in [0, 0.05) is 33.8 Å². The molecular weight excluding hydrogens is 306 g/mol. The van der Waals surface area contributed by atoms with Gasteiger partial charge < -0.3 is 5.32 Å². The molecule has 0 radical (unpaired) electrons. The van der Waals surface area contributed by atoms with E-state index in [1.807, 2.05) is 19.2 Å². The normalized spacial score (nSPS) is 8.55. The first-order valence-corrected chi connectivity index (χ1v) is 3.34. The van der Waals surface area contributed by atoms with E-state index < -0.39 is 0 Å². The summed E-state index contributed by atoms with van der Waals surface area (Å²) in [5.74, 6) is 0. The molecule has 0 saturated heterocycles. The molecule has 0 bridgehead atoms. The van der Waals surface area contributed by atoms with Crippen LogP contribution in [0, 0.1) is 13.8 Å². The van der Waals surface area contributed by atoms with Crippen molar-refractivity contribution in [2.75, 3.05) is 12.4 Å². The van der Waals surface area contributed by atoms with Crippen LogP contribution < -0.4 is 5.32 Å². The number of hydrogen-bond donors (Lipinski definition) is 1. The molecule has 1 aromatic rings. The first-order valence-electron chi connectivity index (χ1n) is 3.34. The zero-order chi connectivity index (χ0) is 7.56. The van der Waals surface area contributed by atoms with Crippen molar-refractivity contribution in [2.45, 2.75) is 6.92 Å².